The van der Waals surface area contributed by atoms with Gasteiger partial charge in [-0.05, 0) is 13.8 Å². The molecule has 0 aromatic heterocycles. The molecule has 0 radical (unpaired) electrons. The summed E-state index contributed by atoms with van der Waals surface area (Å²) in [5.41, 5.74) is 0. The van der Waals surface area contributed by atoms with Crippen LogP contribution in [0.1, 0.15) is 13.8 Å². The molecule has 3 saturated heterocycles. The minimum atomic E-state index is -0.858. The number of rotatable bonds is 5. The van der Waals surface area contributed by atoms with Crippen LogP contribution in [0.5, 0.6) is 0 Å². The maximum absolute atomic E-state index is 14.2. The first-order valence-electron chi connectivity index (χ1n) is 12.6. The number of aliphatic hydroxyl groups is 1. The zero-order chi connectivity index (χ0) is 25.0. The summed E-state index contributed by atoms with van der Waals surface area (Å²) in [5.74, 6) is -1.60. The summed E-state index contributed by atoms with van der Waals surface area (Å²) in [5, 5.41) is 10.0. The molecule has 5 rings (SSSR count). The lowest BCUT2D eigenvalue weighted by atomic mass is 9.74. The zero-order valence-corrected chi connectivity index (χ0v) is 21.6. The van der Waals surface area contributed by atoms with Gasteiger partial charge in [-0.1, -0.05) is 24.3 Å². The van der Waals surface area contributed by atoms with Gasteiger partial charge in [-0.2, -0.15) is 0 Å². The van der Waals surface area contributed by atoms with Crippen molar-refractivity contribution in [2.45, 2.75) is 35.4 Å². The number of likely N-dealkylation sites (N-methyl/N-ethyl adjacent to an activating group) is 1. The van der Waals surface area contributed by atoms with Gasteiger partial charge in [0, 0.05) is 51.1 Å². The maximum Gasteiger partial charge on any atom is 0.247 e. The number of nitrogens with zero attached hydrogens (tertiary/aromatic N) is 4. The molecule has 9 nitrogen and oxygen atoms in total. The van der Waals surface area contributed by atoms with Crippen LogP contribution in [-0.4, -0.2) is 130 Å². The van der Waals surface area contributed by atoms with Crippen LogP contribution in [0.4, 0.5) is 0 Å². The molecule has 10 heteroatoms. The molecule has 1 spiro atoms. The Labute approximate surface area is 211 Å². The number of ether oxygens (including phenoxy) is 1. The van der Waals surface area contributed by atoms with Crippen LogP contribution >= 0.6 is 11.8 Å². The molecule has 0 aliphatic carbocycles. The van der Waals surface area contributed by atoms with E-state index < -0.39 is 33.4 Å². The fourth-order valence-electron chi connectivity index (χ4n) is 6.48. The highest BCUT2D eigenvalue weighted by molar-refractivity contribution is 8.02. The largest absolute Gasteiger partial charge is 0.394 e. The highest BCUT2D eigenvalue weighted by Gasteiger charge is 2.74. The molecule has 5 aliphatic rings. The maximum atomic E-state index is 14.2. The van der Waals surface area contributed by atoms with Crippen molar-refractivity contribution in [1.82, 2.24) is 19.6 Å². The number of hydrogen-bond acceptors (Lipinski definition) is 7. The van der Waals surface area contributed by atoms with E-state index in [2.05, 4.69) is 11.0 Å². The summed E-state index contributed by atoms with van der Waals surface area (Å²) >= 11 is 1.58. The van der Waals surface area contributed by atoms with Gasteiger partial charge in [0.1, 0.15) is 6.04 Å². The SMILES string of the molecule is C[C@H](CO)N1C(=O)[C@@H]2[C@@H]3C(=O)N(C)CC=C[C@]3(C)S[C@@]23C=CCN(CCN2CCOCC2)C(=O)C13. The van der Waals surface area contributed by atoms with Crippen LogP contribution in [0.15, 0.2) is 24.3 Å². The number of aliphatic hydroxyl groups excluding tert-OH is 1. The van der Waals surface area contributed by atoms with E-state index in [0.717, 1.165) is 19.6 Å². The highest BCUT2D eigenvalue weighted by atomic mass is 32.2. The normalized spacial score (nSPS) is 38.3. The number of thioether (sulfide) groups is 1. The second kappa shape index (κ2) is 9.21. The molecular weight excluding hydrogens is 468 g/mol. The van der Waals surface area contributed by atoms with Crippen molar-refractivity contribution in [3.8, 4) is 0 Å². The molecule has 3 fully saturated rings. The predicted octanol–water partition coefficient (Wildman–Crippen LogP) is -0.186. The molecule has 5 aliphatic heterocycles. The van der Waals surface area contributed by atoms with E-state index in [9.17, 15) is 19.5 Å². The van der Waals surface area contributed by atoms with Crippen molar-refractivity contribution in [3.63, 3.8) is 0 Å². The molecule has 3 amide bonds. The molecular formula is C25H36N4O5S. The molecule has 35 heavy (non-hydrogen) atoms. The summed E-state index contributed by atoms with van der Waals surface area (Å²) in [4.78, 5) is 49.2. The van der Waals surface area contributed by atoms with Crippen molar-refractivity contribution in [2.24, 2.45) is 11.8 Å². The highest BCUT2D eigenvalue weighted by Crippen LogP contribution is 2.65. The molecule has 5 heterocycles. The molecule has 192 valence electrons. The Morgan fingerprint density at radius 3 is 2.49 bits per heavy atom. The average molecular weight is 505 g/mol. The fraction of sp³-hybridized carbons (Fsp3) is 0.720. The minimum absolute atomic E-state index is 0.0632. The molecule has 0 bridgehead atoms. The Hall–Kier alpha value is -1.88. The summed E-state index contributed by atoms with van der Waals surface area (Å²) in [6, 6.07) is -1.28. The number of hydrogen-bond donors (Lipinski definition) is 1. The molecule has 1 unspecified atom stereocenters. The summed E-state index contributed by atoms with van der Waals surface area (Å²) < 4.78 is 3.99. The number of amides is 3. The van der Waals surface area contributed by atoms with E-state index in [1.807, 2.05) is 30.1 Å². The van der Waals surface area contributed by atoms with E-state index in [-0.39, 0.29) is 24.3 Å². The standard InChI is InChI=1S/C25H36N4O5S/c1-17(16-30)29-20-23(33)28(11-10-27-12-14-34-15-13-27)9-5-7-25(20)19(22(29)32)18-21(31)26(3)8-4-6-24(18,2)35-25/h4-7,17-20,30H,8-16H2,1-3H3/t17-,18-,19+,20?,24+,25+/m1/s1. The summed E-state index contributed by atoms with van der Waals surface area (Å²) in [6.07, 6.45) is 8.08. The van der Waals surface area contributed by atoms with Crippen LogP contribution in [0, 0.1) is 11.8 Å². The van der Waals surface area contributed by atoms with Crippen LogP contribution in [0.2, 0.25) is 0 Å². The Bertz CT molecular complexity index is 952. The second-order valence-electron chi connectivity index (χ2n) is 10.5. The fourth-order valence-corrected chi connectivity index (χ4v) is 8.62. The average Bonchev–Trinajstić information content (AvgIpc) is 3.14. The van der Waals surface area contributed by atoms with E-state index in [4.69, 9.17) is 4.74 Å². The monoisotopic (exact) mass is 504 g/mol. The molecule has 0 saturated carbocycles. The number of carbonyl (C=O) groups is 3. The molecule has 1 N–H and O–H groups in total. The Kier molecular flexibility index (Phi) is 6.52. The van der Waals surface area contributed by atoms with E-state index in [0.29, 0.717) is 32.8 Å². The van der Waals surface area contributed by atoms with E-state index in [1.165, 1.54) is 0 Å². The number of carbonyl (C=O) groups excluding carboxylic acids is 3. The Morgan fingerprint density at radius 1 is 1.06 bits per heavy atom. The third kappa shape index (κ3) is 3.84. The van der Waals surface area contributed by atoms with E-state index >= 15 is 0 Å². The van der Waals surface area contributed by atoms with Crippen molar-refractivity contribution in [1.29, 1.82) is 0 Å². The van der Waals surface area contributed by atoms with Gasteiger partial charge in [-0.25, -0.2) is 0 Å². The molecule has 6 atom stereocenters. The van der Waals surface area contributed by atoms with Gasteiger partial charge < -0.3 is 24.5 Å². The lowest BCUT2D eigenvalue weighted by Gasteiger charge is -2.39. The van der Waals surface area contributed by atoms with Crippen molar-refractivity contribution in [3.05, 3.63) is 24.3 Å². The Balaban J connectivity index is 1.52. The lowest BCUT2D eigenvalue weighted by molar-refractivity contribution is -0.146. The van der Waals surface area contributed by atoms with Crippen molar-refractivity contribution in [2.75, 3.05) is 66.1 Å². The van der Waals surface area contributed by atoms with Crippen LogP contribution < -0.4 is 0 Å². The number of fused-ring (bicyclic) bond motifs is 2. The number of likely N-dealkylation sites (tertiary alicyclic amines) is 1. The van der Waals surface area contributed by atoms with Crippen LogP contribution in [-0.2, 0) is 19.1 Å². The zero-order valence-electron chi connectivity index (χ0n) is 20.8. The van der Waals surface area contributed by atoms with Gasteiger partial charge in [0.15, 0.2) is 0 Å². The first kappa shape index (κ1) is 24.8. The molecule has 0 aromatic rings. The Morgan fingerprint density at radius 2 is 1.77 bits per heavy atom. The van der Waals surface area contributed by atoms with Crippen LogP contribution in [0.3, 0.4) is 0 Å². The first-order valence-corrected chi connectivity index (χ1v) is 13.4. The first-order chi connectivity index (χ1) is 16.7. The minimum Gasteiger partial charge on any atom is -0.394 e. The third-order valence-corrected chi connectivity index (χ3v) is 10.1. The third-order valence-electron chi connectivity index (χ3n) is 8.31. The van der Waals surface area contributed by atoms with Gasteiger partial charge in [0.2, 0.25) is 17.7 Å². The number of morpholine rings is 1. The van der Waals surface area contributed by atoms with Gasteiger partial charge in [0.25, 0.3) is 0 Å². The van der Waals surface area contributed by atoms with Gasteiger partial charge >= 0.3 is 0 Å². The molecule has 0 aromatic carbocycles. The van der Waals surface area contributed by atoms with Crippen molar-refractivity contribution >= 4 is 29.5 Å². The van der Waals surface area contributed by atoms with Crippen LogP contribution in [0.25, 0.3) is 0 Å². The topological polar surface area (TPSA) is 93.6 Å². The predicted molar refractivity (Wildman–Crippen MR) is 133 cm³/mol. The van der Waals surface area contributed by atoms with E-state index in [1.54, 1.807) is 35.5 Å². The quantitative estimate of drug-likeness (QED) is 0.519. The van der Waals surface area contributed by atoms with Gasteiger partial charge in [-0.15, -0.1) is 11.8 Å². The summed E-state index contributed by atoms with van der Waals surface area (Å²) in [7, 11) is 1.76. The second-order valence-corrected chi connectivity index (χ2v) is 12.3. The lowest BCUT2D eigenvalue weighted by Crippen LogP contribution is -2.57. The smallest absolute Gasteiger partial charge is 0.247 e. The summed E-state index contributed by atoms with van der Waals surface area (Å²) in [6.45, 7) is 8.92. The van der Waals surface area contributed by atoms with Gasteiger partial charge in [-0.3, -0.25) is 19.3 Å². The van der Waals surface area contributed by atoms with Gasteiger partial charge in [0.05, 0.1) is 42.4 Å². The van der Waals surface area contributed by atoms with Crippen molar-refractivity contribution < 1.29 is 24.2 Å².